The van der Waals surface area contributed by atoms with E-state index in [0.717, 1.165) is 30.3 Å². The fourth-order valence-corrected chi connectivity index (χ4v) is 1.63. The van der Waals surface area contributed by atoms with Crippen LogP contribution in [-0.4, -0.2) is 5.91 Å². The van der Waals surface area contributed by atoms with Gasteiger partial charge >= 0.3 is 0 Å². The van der Waals surface area contributed by atoms with Crippen LogP contribution in [-0.2, 0) is 6.54 Å². The van der Waals surface area contributed by atoms with Crippen LogP contribution in [0.15, 0.2) is 36.4 Å². The maximum atomic E-state index is 13.4. The number of rotatable bonds is 3. The zero-order valence-electron chi connectivity index (χ0n) is 10.1. The van der Waals surface area contributed by atoms with Crippen molar-refractivity contribution in [1.29, 1.82) is 0 Å². The Labute approximate surface area is 112 Å². The average molecular weight is 283 g/mol. The van der Waals surface area contributed by atoms with Gasteiger partial charge in [0.15, 0.2) is 11.6 Å². The SMILES string of the molecule is O=C(NCc1cc(F)ccc1F)c1cccc(F)c1F. The van der Waals surface area contributed by atoms with E-state index >= 15 is 0 Å². The molecule has 104 valence electrons. The van der Waals surface area contributed by atoms with Gasteiger partial charge in [-0.1, -0.05) is 6.07 Å². The van der Waals surface area contributed by atoms with E-state index in [9.17, 15) is 22.4 Å². The zero-order valence-corrected chi connectivity index (χ0v) is 10.1. The van der Waals surface area contributed by atoms with Gasteiger partial charge in [0, 0.05) is 12.1 Å². The minimum absolute atomic E-state index is 0.0878. The molecule has 1 amide bonds. The van der Waals surface area contributed by atoms with Crippen molar-refractivity contribution < 1.29 is 22.4 Å². The van der Waals surface area contributed by atoms with Crippen LogP contribution in [0.5, 0.6) is 0 Å². The Morgan fingerprint density at radius 2 is 1.75 bits per heavy atom. The fourth-order valence-electron chi connectivity index (χ4n) is 1.63. The minimum Gasteiger partial charge on any atom is -0.348 e. The van der Waals surface area contributed by atoms with Crippen LogP contribution >= 0.6 is 0 Å². The molecule has 2 aromatic rings. The second-order valence-corrected chi connectivity index (χ2v) is 4.02. The average Bonchev–Trinajstić information content (AvgIpc) is 2.42. The van der Waals surface area contributed by atoms with Gasteiger partial charge in [0.25, 0.3) is 5.91 Å². The third kappa shape index (κ3) is 2.96. The monoisotopic (exact) mass is 283 g/mol. The normalized spacial score (nSPS) is 10.4. The van der Waals surface area contributed by atoms with Gasteiger partial charge in [0.05, 0.1) is 5.56 Å². The van der Waals surface area contributed by atoms with Crippen LogP contribution in [0.3, 0.4) is 0 Å². The molecule has 0 saturated carbocycles. The minimum atomic E-state index is -1.29. The summed E-state index contributed by atoms with van der Waals surface area (Å²) in [7, 11) is 0. The lowest BCUT2D eigenvalue weighted by Gasteiger charge is -2.07. The van der Waals surface area contributed by atoms with Gasteiger partial charge in [-0.25, -0.2) is 17.6 Å². The largest absolute Gasteiger partial charge is 0.348 e. The predicted molar refractivity (Wildman–Crippen MR) is 63.9 cm³/mol. The highest BCUT2D eigenvalue weighted by Gasteiger charge is 2.15. The van der Waals surface area contributed by atoms with E-state index in [2.05, 4.69) is 5.32 Å². The molecule has 0 saturated heterocycles. The van der Waals surface area contributed by atoms with Gasteiger partial charge in [-0.05, 0) is 30.3 Å². The van der Waals surface area contributed by atoms with Gasteiger partial charge in [0.2, 0.25) is 0 Å². The number of hydrogen-bond donors (Lipinski definition) is 1. The van der Waals surface area contributed by atoms with Crippen molar-refractivity contribution >= 4 is 5.91 Å². The highest BCUT2D eigenvalue weighted by atomic mass is 19.2. The van der Waals surface area contributed by atoms with Gasteiger partial charge in [-0.3, -0.25) is 4.79 Å². The highest BCUT2D eigenvalue weighted by Crippen LogP contribution is 2.13. The molecule has 1 N–H and O–H groups in total. The molecule has 0 aliphatic rings. The van der Waals surface area contributed by atoms with Crippen molar-refractivity contribution in [2.45, 2.75) is 6.54 Å². The van der Waals surface area contributed by atoms with Gasteiger partial charge in [0.1, 0.15) is 11.6 Å². The molecule has 0 spiro atoms. The Bertz CT molecular complexity index is 658. The van der Waals surface area contributed by atoms with Crippen LogP contribution in [0.4, 0.5) is 17.6 Å². The summed E-state index contributed by atoms with van der Waals surface area (Å²) in [4.78, 5) is 11.7. The molecule has 0 aliphatic heterocycles. The van der Waals surface area contributed by atoms with Crippen LogP contribution < -0.4 is 5.32 Å². The number of amides is 1. The van der Waals surface area contributed by atoms with E-state index in [1.165, 1.54) is 6.07 Å². The van der Waals surface area contributed by atoms with E-state index < -0.39 is 34.7 Å². The van der Waals surface area contributed by atoms with Crippen LogP contribution in [0.1, 0.15) is 15.9 Å². The molecule has 2 nitrogen and oxygen atoms in total. The van der Waals surface area contributed by atoms with Crippen LogP contribution in [0.2, 0.25) is 0 Å². The molecule has 6 heteroatoms. The number of halogens is 4. The number of nitrogens with one attached hydrogen (secondary N) is 1. The van der Waals surface area contributed by atoms with Crippen molar-refractivity contribution in [3.8, 4) is 0 Å². The summed E-state index contributed by atoms with van der Waals surface area (Å²) in [5, 5.41) is 2.20. The summed E-state index contributed by atoms with van der Waals surface area (Å²) in [5.74, 6) is -4.72. The van der Waals surface area contributed by atoms with Crippen molar-refractivity contribution in [2.75, 3.05) is 0 Å². The zero-order chi connectivity index (χ0) is 14.7. The lowest BCUT2D eigenvalue weighted by Crippen LogP contribution is -2.24. The number of carbonyl (C=O) groups is 1. The number of hydrogen-bond acceptors (Lipinski definition) is 1. The fraction of sp³-hybridized carbons (Fsp3) is 0.0714. The van der Waals surface area contributed by atoms with E-state index in [4.69, 9.17) is 0 Å². The van der Waals surface area contributed by atoms with E-state index in [-0.39, 0.29) is 12.1 Å². The van der Waals surface area contributed by atoms with Gasteiger partial charge in [-0.2, -0.15) is 0 Å². The van der Waals surface area contributed by atoms with Crippen molar-refractivity contribution in [3.05, 3.63) is 70.8 Å². The molecule has 0 aromatic heterocycles. The molecule has 0 atom stereocenters. The standard InChI is InChI=1S/C14H9F4NO/c15-9-4-5-11(16)8(6-9)7-19-14(20)10-2-1-3-12(17)13(10)18/h1-6H,7H2,(H,19,20). The first kappa shape index (κ1) is 14.0. The topological polar surface area (TPSA) is 29.1 Å². The Morgan fingerprint density at radius 1 is 1.00 bits per heavy atom. The summed E-state index contributed by atoms with van der Waals surface area (Å²) in [6, 6.07) is 5.91. The molecular weight excluding hydrogens is 274 g/mol. The molecule has 0 bridgehead atoms. The third-order valence-electron chi connectivity index (χ3n) is 2.64. The summed E-state index contributed by atoms with van der Waals surface area (Å²) in [5.41, 5.74) is -0.586. The molecule has 0 unspecified atom stereocenters. The molecular formula is C14H9F4NO. The Balaban J connectivity index is 2.13. The number of carbonyl (C=O) groups excluding carboxylic acids is 1. The molecule has 0 radical (unpaired) electrons. The third-order valence-corrected chi connectivity index (χ3v) is 2.64. The lowest BCUT2D eigenvalue weighted by molar-refractivity contribution is 0.0945. The summed E-state index contributed by atoms with van der Waals surface area (Å²) in [6.45, 7) is -0.335. The van der Waals surface area contributed by atoms with E-state index in [1.54, 1.807) is 0 Å². The van der Waals surface area contributed by atoms with Crippen molar-refractivity contribution in [2.24, 2.45) is 0 Å². The van der Waals surface area contributed by atoms with Crippen LogP contribution in [0.25, 0.3) is 0 Å². The molecule has 0 fully saturated rings. The van der Waals surface area contributed by atoms with Gasteiger partial charge in [-0.15, -0.1) is 0 Å². The summed E-state index contributed by atoms with van der Waals surface area (Å²) < 4.78 is 52.5. The second-order valence-electron chi connectivity index (χ2n) is 4.02. The maximum Gasteiger partial charge on any atom is 0.254 e. The summed E-state index contributed by atoms with van der Waals surface area (Å²) >= 11 is 0. The maximum absolute atomic E-state index is 13.4. The number of benzene rings is 2. The van der Waals surface area contributed by atoms with E-state index in [1.807, 2.05) is 0 Å². The Morgan fingerprint density at radius 3 is 2.50 bits per heavy atom. The highest BCUT2D eigenvalue weighted by molar-refractivity contribution is 5.94. The molecule has 0 aliphatic carbocycles. The van der Waals surface area contributed by atoms with Gasteiger partial charge < -0.3 is 5.32 Å². The summed E-state index contributed by atoms with van der Waals surface area (Å²) in [6.07, 6.45) is 0. The van der Waals surface area contributed by atoms with E-state index in [0.29, 0.717) is 0 Å². The van der Waals surface area contributed by atoms with Crippen molar-refractivity contribution in [1.82, 2.24) is 5.32 Å². The molecule has 2 rings (SSSR count). The Kier molecular flexibility index (Phi) is 4.02. The molecule has 2 aromatic carbocycles. The Hall–Kier alpha value is -2.37. The van der Waals surface area contributed by atoms with Crippen LogP contribution in [0, 0.1) is 23.3 Å². The first-order valence-electron chi connectivity index (χ1n) is 5.65. The molecule has 20 heavy (non-hydrogen) atoms. The smallest absolute Gasteiger partial charge is 0.254 e. The predicted octanol–water partition coefficient (Wildman–Crippen LogP) is 3.17. The lowest BCUT2D eigenvalue weighted by atomic mass is 10.1. The van der Waals surface area contributed by atoms with Crippen molar-refractivity contribution in [3.63, 3.8) is 0 Å². The first-order chi connectivity index (χ1) is 9.49. The second kappa shape index (κ2) is 5.73. The quantitative estimate of drug-likeness (QED) is 0.861. The first-order valence-corrected chi connectivity index (χ1v) is 5.65. The molecule has 0 heterocycles.